The highest BCUT2D eigenvalue weighted by Gasteiger charge is 2.39. The number of anilines is 3. The molecule has 4 rings (SSSR count). The summed E-state index contributed by atoms with van der Waals surface area (Å²) in [7, 11) is 1.42. The van der Waals surface area contributed by atoms with Crippen LogP contribution in [0.1, 0.15) is 73.7 Å². The van der Waals surface area contributed by atoms with E-state index in [9.17, 15) is 35.9 Å². The number of hydrogen-bond acceptors (Lipinski definition) is 8. The number of nitrogens with zero attached hydrogens (tertiary/aromatic N) is 4. The van der Waals surface area contributed by atoms with Gasteiger partial charge in [-0.3, -0.25) is 9.69 Å². The topological polar surface area (TPSA) is 119 Å². The Labute approximate surface area is 277 Å². The molecule has 3 aromatic rings. The van der Waals surface area contributed by atoms with E-state index in [1.165, 1.54) is 18.2 Å². The first-order chi connectivity index (χ1) is 22.7. The Kier molecular flexibility index (Phi) is 11.6. The SMILES string of the molecule is CCOC(=O)N1c2ccc(OC)nc2[C@@H](Nc2ncc(NC(=O)CCCCl)c(Cc3cc(C(F)(F)F)cc(C(F)(F)F)c3)n2)C[C@H]1CC. The number of benzene rings is 1. The summed E-state index contributed by atoms with van der Waals surface area (Å²) >= 11 is 5.68. The van der Waals surface area contributed by atoms with Crippen molar-refractivity contribution in [2.24, 2.45) is 0 Å². The number of pyridine rings is 1. The van der Waals surface area contributed by atoms with Gasteiger partial charge < -0.3 is 20.1 Å². The summed E-state index contributed by atoms with van der Waals surface area (Å²) in [5.41, 5.74) is -2.53. The average Bonchev–Trinajstić information content (AvgIpc) is 3.03. The summed E-state index contributed by atoms with van der Waals surface area (Å²) in [6.07, 6.45) is -8.81. The van der Waals surface area contributed by atoms with Crippen molar-refractivity contribution in [2.45, 2.75) is 70.4 Å². The van der Waals surface area contributed by atoms with Gasteiger partial charge in [-0.2, -0.15) is 26.3 Å². The van der Waals surface area contributed by atoms with E-state index < -0.39 is 47.9 Å². The molecule has 1 aliphatic heterocycles. The second kappa shape index (κ2) is 15.3. The second-order valence-electron chi connectivity index (χ2n) is 10.8. The van der Waals surface area contributed by atoms with E-state index in [0.29, 0.717) is 42.8 Å². The number of carbonyl (C=O) groups excluding carboxylic acids is 2. The third-order valence-electron chi connectivity index (χ3n) is 7.49. The maximum absolute atomic E-state index is 13.6. The Balaban J connectivity index is 1.77. The zero-order valence-electron chi connectivity index (χ0n) is 26.1. The van der Waals surface area contributed by atoms with Crippen LogP contribution in [-0.4, -0.2) is 52.6 Å². The van der Waals surface area contributed by atoms with Gasteiger partial charge in [0.15, 0.2) is 0 Å². The van der Waals surface area contributed by atoms with Gasteiger partial charge in [-0.25, -0.2) is 19.7 Å². The molecule has 1 aromatic carbocycles. The lowest BCUT2D eigenvalue weighted by Gasteiger charge is -2.39. The largest absolute Gasteiger partial charge is 0.481 e. The van der Waals surface area contributed by atoms with Crippen LogP contribution in [0.5, 0.6) is 5.88 Å². The molecule has 0 unspecified atom stereocenters. The van der Waals surface area contributed by atoms with E-state index in [-0.39, 0.29) is 59.8 Å². The van der Waals surface area contributed by atoms with E-state index in [0.717, 1.165) is 0 Å². The van der Waals surface area contributed by atoms with Crippen LogP contribution in [0, 0.1) is 0 Å². The van der Waals surface area contributed by atoms with Crippen molar-refractivity contribution in [2.75, 3.05) is 35.1 Å². The molecule has 48 heavy (non-hydrogen) atoms. The number of hydrogen-bond donors (Lipinski definition) is 2. The molecule has 0 spiro atoms. The molecule has 0 saturated heterocycles. The van der Waals surface area contributed by atoms with Crippen molar-refractivity contribution in [1.82, 2.24) is 15.0 Å². The van der Waals surface area contributed by atoms with Gasteiger partial charge in [-0.1, -0.05) is 6.92 Å². The first kappa shape index (κ1) is 36.5. The van der Waals surface area contributed by atoms with Crippen LogP contribution in [0.3, 0.4) is 0 Å². The number of nitrogens with one attached hydrogen (secondary N) is 2. The van der Waals surface area contributed by atoms with Gasteiger partial charge in [0.05, 0.1) is 59.8 Å². The Morgan fingerprint density at radius 3 is 2.31 bits per heavy atom. The summed E-state index contributed by atoms with van der Waals surface area (Å²) in [6.45, 7) is 3.72. The number of fused-ring (bicyclic) bond motifs is 1. The van der Waals surface area contributed by atoms with Gasteiger partial charge in [0.25, 0.3) is 0 Å². The summed E-state index contributed by atoms with van der Waals surface area (Å²) in [6, 6.07) is 3.52. The molecule has 2 aromatic heterocycles. The van der Waals surface area contributed by atoms with Crippen molar-refractivity contribution in [3.63, 3.8) is 0 Å². The number of alkyl halides is 7. The van der Waals surface area contributed by atoms with E-state index in [1.54, 1.807) is 19.1 Å². The van der Waals surface area contributed by atoms with Crippen LogP contribution in [-0.2, 0) is 28.3 Å². The Morgan fingerprint density at radius 2 is 1.73 bits per heavy atom. The Bertz CT molecular complexity index is 1590. The molecule has 3 heterocycles. The Morgan fingerprint density at radius 1 is 1.04 bits per heavy atom. The molecule has 2 atom stereocenters. The summed E-state index contributed by atoms with van der Waals surface area (Å²) < 4.78 is 92.2. The standard InChI is InChI=1S/C31H33ClF6N6O4/c1-4-20-15-22(27-24(8-9-26(43-27)47-3)44(20)29(46)48-5-2)42-28-39-16-23(40-25(45)7-6-10-32)21(41-28)13-17-11-18(30(33,34)35)14-19(12-17)31(36,37)38/h8-9,11-12,14,16,20,22H,4-7,10,13,15H2,1-3H3,(H,40,45)(H,39,41,42)/t20-,22+/m1/s1. The van der Waals surface area contributed by atoms with E-state index >= 15 is 0 Å². The molecule has 0 bridgehead atoms. The first-order valence-corrected chi connectivity index (χ1v) is 15.5. The number of carbonyl (C=O) groups is 2. The lowest BCUT2D eigenvalue weighted by molar-refractivity contribution is -0.143. The van der Waals surface area contributed by atoms with Crippen LogP contribution in [0.4, 0.5) is 48.5 Å². The molecular weight excluding hydrogens is 670 g/mol. The fourth-order valence-corrected chi connectivity index (χ4v) is 5.40. The van der Waals surface area contributed by atoms with Crippen LogP contribution >= 0.6 is 11.6 Å². The van der Waals surface area contributed by atoms with Crippen molar-refractivity contribution in [1.29, 1.82) is 0 Å². The highest BCUT2D eigenvalue weighted by Crippen LogP contribution is 2.41. The minimum Gasteiger partial charge on any atom is -0.481 e. The number of amides is 2. The highest BCUT2D eigenvalue weighted by molar-refractivity contribution is 6.18. The van der Waals surface area contributed by atoms with E-state index in [1.807, 2.05) is 6.92 Å². The lowest BCUT2D eigenvalue weighted by Crippen LogP contribution is -2.46. The predicted octanol–water partition coefficient (Wildman–Crippen LogP) is 7.76. The van der Waals surface area contributed by atoms with Gasteiger partial charge in [-0.15, -0.1) is 11.6 Å². The highest BCUT2D eigenvalue weighted by atomic mass is 35.5. The number of aromatic nitrogens is 3. The van der Waals surface area contributed by atoms with Crippen molar-refractivity contribution >= 4 is 40.9 Å². The molecule has 0 saturated carbocycles. The molecule has 260 valence electrons. The quantitative estimate of drug-likeness (QED) is 0.154. The number of rotatable bonds is 11. The third kappa shape index (κ3) is 8.76. The summed E-state index contributed by atoms with van der Waals surface area (Å²) in [4.78, 5) is 40.3. The molecule has 2 amide bonds. The fraction of sp³-hybridized carbons (Fsp3) is 0.452. The number of ether oxygens (including phenoxy) is 2. The van der Waals surface area contributed by atoms with Crippen LogP contribution < -0.4 is 20.3 Å². The molecule has 2 N–H and O–H groups in total. The second-order valence-corrected chi connectivity index (χ2v) is 11.2. The Hall–Kier alpha value is -4.34. The van der Waals surface area contributed by atoms with Gasteiger partial charge in [-0.05, 0) is 56.0 Å². The minimum atomic E-state index is -5.05. The van der Waals surface area contributed by atoms with Crippen LogP contribution in [0.15, 0.2) is 36.5 Å². The minimum absolute atomic E-state index is 0.00477. The maximum Gasteiger partial charge on any atom is 0.416 e. The summed E-state index contributed by atoms with van der Waals surface area (Å²) in [5.74, 6) is -0.103. The summed E-state index contributed by atoms with van der Waals surface area (Å²) in [5, 5.41) is 5.73. The molecule has 0 aliphatic carbocycles. The van der Waals surface area contributed by atoms with E-state index in [2.05, 4.69) is 25.6 Å². The lowest BCUT2D eigenvalue weighted by atomic mass is 9.93. The van der Waals surface area contributed by atoms with Gasteiger partial charge in [0.2, 0.25) is 17.7 Å². The molecule has 0 radical (unpaired) electrons. The average molecular weight is 703 g/mol. The van der Waals surface area contributed by atoms with Gasteiger partial charge >= 0.3 is 18.4 Å². The van der Waals surface area contributed by atoms with Crippen molar-refractivity contribution in [3.05, 3.63) is 64.6 Å². The predicted molar refractivity (Wildman–Crippen MR) is 165 cm³/mol. The molecule has 0 fully saturated rings. The zero-order valence-corrected chi connectivity index (χ0v) is 26.9. The maximum atomic E-state index is 13.6. The van der Waals surface area contributed by atoms with Crippen molar-refractivity contribution < 1.29 is 45.4 Å². The van der Waals surface area contributed by atoms with Crippen LogP contribution in [0.25, 0.3) is 0 Å². The number of halogens is 7. The molecule has 17 heteroatoms. The monoisotopic (exact) mass is 702 g/mol. The van der Waals surface area contributed by atoms with Crippen LogP contribution in [0.2, 0.25) is 0 Å². The van der Waals surface area contributed by atoms with E-state index in [4.69, 9.17) is 21.1 Å². The zero-order chi connectivity index (χ0) is 35.2. The fourth-order valence-electron chi connectivity index (χ4n) is 5.26. The normalized spacial score (nSPS) is 16.2. The first-order valence-electron chi connectivity index (χ1n) is 15.0. The molecular formula is C31H33ClF6N6O4. The molecule has 10 nitrogen and oxygen atoms in total. The van der Waals surface area contributed by atoms with Crippen molar-refractivity contribution in [3.8, 4) is 5.88 Å². The number of methoxy groups -OCH3 is 1. The van der Waals surface area contributed by atoms with Gasteiger partial charge in [0, 0.05) is 30.8 Å². The molecule has 1 aliphatic rings. The smallest absolute Gasteiger partial charge is 0.416 e. The van der Waals surface area contributed by atoms with Gasteiger partial charge in [0.1, 0.15) is 0 Å². The third-order valence-corrected chi connectivity index (χ3v) is 7.75.